The molecule has 0 saturated carbocycles. The molecule has 2 aromatic rings. The van der Waals surface area contributed by atoms with Crippen LogP contribution in [0.25, 0.3) is 0 Å². The highest BCUT2D eigenvalue weighted by Gasteiger charge is 2.39. The Bertz CT molecular complexity index is 968. The van der Waals surface area contributed by atoms with Crippen molar-refractivity contribution in [2.75, 3.05) is 20.2 Å². The van der Waals surface area contributed by atoms with E-state index in [9.17, 15) is 4.79 Å². The molecule has 3 N–H and O–H groups in total. The number of carbonyl (C=O) groups excluding carboxylic acids is 1. The van der Waals surface area contributed by atoms with Gasteiger partial charge in [-0.25, -0.2) is 0 Å². The second-order valence-electron chi connectivity index (χ2n) is 9.54. The van der Waals surface area contributed by atoms with Gasteiger partial charge in [0.1, 0.15) is 6.61 Å². The second kappa shape index (κ2) is 10.9. The van der Waals surface area contributed by atoms with E-state index in [-0.39, 0.29) is 17.0 Å². The van der Waals surface area contributed by atoms with Crippen LogP contribution < -0.4 is 25.4 Å². The Morgan fingerprint density at radius 3 is 2.42 bits per heavy atom. The molecule has 0 radical (unpaired) electrons. The van der Waals surface area contributed by atoms with Crippen LogP contribution in [0.1, 0.15) is 45.2 Å². The van der Waals surface area contributed by atoms with Crippen molar-refractivity contribution in [3.05, 3.63) is 71.3 Å². The van der Waals surface area contributed by atoms with Crippen LogP contribution in [0.4, 0.5) is 0 Å². The third-order valence-electron chi connectivity index (χ3n) is 5.70. The zero-order valence-electron chi connectivity index (χ0n) is 20.5. The van der Waals surface area contributed by atoms with Gasteiger partial charge >= 0.3 is 0 Å². The van der Waals surface area contributed by atoms with E-state index in [1.54, 1.807) is 7.11 Å². The summed E-state index contributed by atoms with van der Waals surface area (Å²) in [5.41, 5.74) is 2.46. The lowest BCUT2D eigenvalue weighted by atomic mass is 9.96. The predicted octanol–water partition coefficient (Wildman–Crippen LogP) is 3.96. The topological polar surface area (TPSA) is 71.6 Å². The van der Waals surface area contributed by atoms with Gasteiger partial charge < -0.3 is 20.1 Å². The number of ether oxygens (including phenoxy) is 2. The highest BCUT2D eigenvalue weighted by atomic mass is 16.5. The molecule has 0 aromatic heterocycles. The summed E-state index contributed by atoms with van der Waals surface area (Å²) in [6.07, 6.45) is 2.86. The monoisotopic (exact) mass is 451 g/mol. The first-order valence-electron chi connectivity index (χ1n) is 11.6. The van der Waals surface area contributed by atoms with Crippen LogP contribution in [0, 0.1) is 0 Å². The Balaban J connectivity index is 1.46. The number of carbonyl (C=O) groups is 1. The van der Waals surface area contributed by atoms with Gasteiger partial charge in [-0.05, 0) is 52.3 Å². The van der Waals surface area contributed by atoms with E-state index >= 15 is 0 Å². The Morgan fingerprint density at radius 2 is 1.76 bits per heavy atom. The molecule has 0 saturated heterocycles. The van der Waals surface area contributed by atoms with Gasteiger partial charge in [0.2, 0.25) is 5.91 Å². The maximum atomic E-state index is 12.6. The van der Waals surface area contributed by atoms with Crippen molar-refractivity contribution in [3.63, 3.8) is 0 Å². The van der Waals surface area contributed by atoms with E-state index < -0.39 is 0 Å². The summed E-state index contributed by atoms with van der Waals surface area (Å²) in [5, 5.41) is 9.98. The van der Waals surface area contributed by atoms with E-state index in [0.29, 0.717) is 19.7 Å². The van der Waals surface area contributed by atoms with Crippen LogP contribution in [0.5, 0.6) is 11.5 Å². The molecule has 178 valence electrons. The van der Waals surface area contributed by atoms with Crippen LogP contribution in [-0.4, -0.2) is 37.2 Å². The van der Waals surface area contributed by atoms with Crippen molar-refractivity contribution in [2.24, 2.45) is 0 Å². The third-order valence-corrected chi connectivity index (χ3v) is 5.70. The largest absolute Gasteiger partial charge is 0.493 e. The van der Waals surface area contributed by atoms with Gasteiger partial charge in [0.25, 0.3) is 0 Å². The Morgan fingerprint density at radius 1 is 1.00 bits per heavy atom. The minimum absolute atomic E-state index is 0.00229. The molecule has 0 atom stereocenters. The fourth-order valence-electron chi connectivity index (χ4n) is 4.29. The molecule has 0 bridgehead atoms. The molecule has 33 heavy (non-hydrogen) atoms. The normalized spacial score (nSPS) is 16.2. The molecular formula is C27H37N3O3. The smallest absolute Gasteiger partial charge is 0.248 e. The van der Waals surface area contributed by atoms with Crippen LogP contribution in [0.2, 0.25) is 0 Å². The van der Waals surface area contributed by atoms with Crippen molar-refractivity contribution in [1.82, 2.24) is 16.0 Å². The molecule has 0 unspecified atom stereocenters. The lowest BCUT2D eigenvalue weighted by Crippen LogP contribution is -2.47. The number of para-hydroxylation sites is 1. The molecule has 1 heterocycles. The zero-order chi connectivity index (χ0) is 23.9. The number of amides is 1. The Hall–Kier alpha value is -2.83. The van der Waals surface area contributed by atoms with E-state index in [1.807, 2.05) is 68.5 Å². The summed E-state index contributed by atoms with van der Waals surface area (Å²) < 4.78 is 11.6. The minimum Gasteiger partial charge on any atom is -0.493 e. The van der Waals surface area contributed by atoms with Crippen molar-refractivity contribution in [2.45, 2.75) is 58.3 Å². The van der Waals surface area contributed by atoms with Gasteiger partial charge in [0, 0.05) is 35.3 Å². The predicted molar refractivity (Wildman–Crippen MR) is 132 cm³/mol. The number of hydrogen-bond acceptors (Lipinski definition) is 5. The summed E-state index contributed by atoms with van der Waals surface area (Å²) >= 11 is 0. The maximum Gasteiger partial charge on any atom is 0.248 e. The molecule has 1 amide bonds. The summed E-state index contributed by atoms with van der Waals surface area (Å²) in [7, 11) is 1.66. The molecular weight excluding hydrogens is 414 g/mol. The van der Waals surface area contributed by atoms with Crippen molar-refractivity contribution in [1.29, 1.82) is 0 Å². The van der Waals surface area contributed by atoms with Crippen molar-refractivity contribution >= 4 is 5.91 Å². The summed E-state index contributed by atoms with van der Waals surface area (Å²) in [4.78, 5) is 12.6. The van der Waals surface area contributed by atoms with Crippen molar-refractivity contribution in [3.8, 4) is 11.5 Å². The average molecular weight is 452 g/mol. The summed E-state index contributed by atoms with van der Waals surface area (Å²) in [5.74, 6) is 1.49. The van der Waals surface area contributed by atoms with Crippen molar-refractivity contribution < 1.29 is 14.3 Å². The SMILES string of the molecule is COc1cccc(CNCCCNC(=O)C2=CC(C)(C)NC2(C)C)c1OCc1ccccc1. The maximum absolute atomic E-state index is 12.6. The van der Waals surface area contributed by atoms with E-state index in [2.05, 4.69) is 29.8 Å². The fraction of sp³-hybridized carbons (Fsp3) is 0.444. The Kier molecular flexibility index (Phi) is 8.16. The quantitative estimate of drug-likeness (QED) is 0.451. The van der Waals surface area contributed by atoms with Gasteiger partial charge in [0.05, 0.1) is 7.11 Å². The third kappa shape index (κ3) is 6.83. The highest BCUT2D eigenvalue weighted by molar-refractivity contribution is 5.96. The molecule has 0 fully saturated rings. The number of hydrogen-bond donors (Lipinski definition) is 3. The molecule has 6 nitrogen and oxygen atoms in total. The molecule has 1 aliphatic rings. The number of nitrogens with one attached hydrogen (secondary N) is 3. The first-order valence-corrected chi connectivity index (χ1v) is 11.6. The number of methoxy groups -OCH3 is 1. The second-order valence-corrected chi connectivity index (χ2v) is 9.54. The standard InChI is InChI=1S/C27H37N3O3/c1-26(2)17-22(27(3,4)30-26)25(31)29-16-10-15-28-18-21-13-9-14-23(32-5)24(21)33-19-20-11-7-6-8-12-20/h6-9,11-14,17,28,30H,10,15-16,18-19H2,1-5H3,(H,29,31). The van der Waals surface area contributed by atoms with E-state index in [4.69, 9.17) is 9.47 Å². The van der Waals surface area contributed by atoms with Gasteiger partial charge in [-0.3, -0.25) is 10.1 Å². The van der Waals surface area contributed by atoms with Gasteiger partial charge in [-0.2, -0.15) is 0 Å². The van der Waals surface area contributed by atoms with Crippen LogP contribution >= 0.6 is 0 Å². The van der Waals surface area contributed by atoms with E-state index in [1.165, 1.54) is 0 Å². The molecule has 2 aromatic carbocycles. The first kappa shape index (κ1) is 24.8. The molecule has 0 spiro atoms. The van der Waals surface area contributed by atoms with Gasteiger partial charge in [0.15, 0.2) is 11.5 Å². The highest BCUT2D eigenvalue weighted by Crippen LogP contribution is 2.32. The van der Waals surface area contributed by atoms with Gasteiger partial charge in [-0.15, -0.1) is 0 Å². The van der Waals surface area contributed by atoms with Crippen LogP contribution in [-0.2, 0) is 17.9 Å². The average Bonchev–Trinajstić information content (AvgIpc) is 3.02. The zero-order valence-corrected chi connectivity index (χ0v) is 20.5. The number of rotatable bonds is 11. The van der Waals surface area contributed by atoms with E-state index in [0.717, 1.165) is 41.2 Å². The van der Waals surface area contributed by atoms with Gasteiger partial charge in [-0.1, -0.05) is 48.5 Å². The molecule has 1 aliphatic heterocycles. The van der Waals surface area contributed by atoms with Crippen LogP contribution in [0.15, 0.2) is 60.2 Å². The molecule has 6 heteroatoms. The Labute approximate surface area is 197 Å². The lowest BCUT2D eigenvalue weighted by Gasteiger charge is -2.27. The summed E-state index contributed by atoms with van der Waals surface area (Å²) in [6.45, 7) is 10.8. The first-order chi connectivity index (χ1) is 15.7. The van der Waals surface area contributed by atoms with Crippen LogP contribution in [0.3, 0.4) is 0 Å². The lowest BCUT2D eigenvalue weighted by molar-refractivity contribution is -0.118. The molecule has 0 aliphatic carbocycles. The summed E-state index contributed by atoms with van der Waals surface area (Å²) in [6, 6.07) is 16.0. The fourth-order valence-corrected chi connectivity index (χ4v) is 4.29. The molecule has 3 rings (SSSR count). The minimum atomic E-state index is -0.325. The number of benzene rings is 2.